The van der Waals surface area contributed by atoms with Crippen LogP contribution in [0.5, 0.6) is 0 Å². The molecular formula is C12H21N5O. The quantitative estimate of drug-likeness (QED) is 0.765. The maximum atomic E-state index is 12.5. The Kier molecular flexibility index (Phi) is 3.68. The van der Waals surface area contributed by atoms with Crippen LogP contribution in [-0.2, 0) is 7.05 Å². The van der Waals surface area contributed by atoms with Gasteiger partial charge in [-0.1, -0.05) is 0 Å². The van der Waals surface area contributed by atoms with E-state index < -0.39 is 0 Å². The van der Waals surface area contributed by atoms with E-state index in [1.165, 1.54) is 0 Å². The van der Waals surface area contributed by atoms with Crippen LogP contribution in [0.25, 0.3) is 0 Å². The summed E-state index contributed by atoms with van der Waals surface area (Å²) in [5.74, 6) is 0.0455. The smallest absolute Gasteiger partial charge is 0.257 e. The lowest BCUT2D eigenvalue weighted by Crippen LogP contribution is -2.56. The first-order valence-electron chi connectivity index (χ1n) is 6.22. The monoisotopic (exact) mass is 251 g/mol. The molecule has 2 rings (SSSR count). The number of carbonyl (C=O) groups excluding carboxylic acids is 1. The number of nitrogens with zero attached hydrogens (tertiary/aromatic N) is 4. The van der Waals surface area contributed by atoms with E-state index in [1.54, 1.807) is 10.9 Å². The van der Waals surface area contributed by atoms with Crippen LogP contribution < -0.4 is 5.73 Å². The maximum Gasteiger partial charge on any atom is 0.257 e. The molecule has 1 unspecified atom stereocenters. The number of likely N-dealkylation sites (N-methyl/N-ethyl adjacent to an activating group) is 1. The van der Waals surface area contributed by atoms with Crippen LogP contribution in [0.2, 0.25) is 0 Å². The van der Waals surface area contributed by atoms with Crippen molar-refractivity contribution in [1.29, 1.82) is 0 Å². The van der Waals surface area contributed by atoms with Gasteiger partial charge in [-0.15, -0.1) is 0 Å². The van der Waals surface area contributed by atoms with Crippen molar-refractivity contribution < 1.29 is 4.79 Å². The van der Waals surface area contributed by atoms with E-state index in [4.69, 9.17) is 5.73 Å². The van der Waals surface area contributed by atoms with Gasteiger partial charge < -0.3 is 15.5 Å². The van der Waals surface area contributed by atoms with E-state index in [-0.39, 0.29) is 11.9 Å². The summed E-state index contributed by atoms with van der Waals surface area (Å²) in [6.07, 6.45) is 1.64. The van der Waals surface area contributed by atoms with Gasteiger partial charge in [0.1, 0.15) is 0 Å². The molecule has 2 N–H and O–H groups in total. The molecular weight excluding hydrogens is 230 g/mol. The molecule has 1 fully saturated rings. The molecule has 0 aliphatic carbocycles. The van der Waals surface area contributed by atoms with Crippen molar-refractivity contribution in [2.75, 3.05) is 33.2 Å². The second kappa shape index (κ2) is 5.07. The van der Waals surface area contributed by atoms with Crippen LogP contribution in [-0.4, -0.2) is 64.8 Å². The summed E-state index contributed by atoms with van der Waals surface area (Å²) < 4.78 is 1.72. The molecule has 0 radical (unpaired) electrons. The minimum Gasteiger partial charge on any atom is -0.332 e. The molecule has 1 aromatic heterocycles. The molecule has 0 saturated carbocycles. The molecule has 100 valence electrons. The highest BCUT2D eigenvalue weighted by molar-refractivity contribution is 5.95. The van der Waals surface area contributed by atoms with Gasteiger partial charge in [0.2, 0.25) is 0 Å². The van der Waals surface area contributed by atoms with Gasteiger partial charge in [-0.05, 0) is 14.0 Å². The first kappa shape index (κ1) is 13.0. The molecule has 2 heterocycles. The Balaban J connectivity index is 2.20. The van der Waals surface area contributed by atoms with Crippen molar-refractivity contribution in [3.05, 3.63) is 17.5 Å². The second-order valence-corrected chi connectivity index (χ2v) is 4.92. The van der Waals surface area contributed by atoms with Gasteiger partial charge >= 0.3 is 0 Å². The van der Waals surface area contributed by atoms with Crippen LogP contribution in [0.4, 0.5) is 0 Å². The molecule has 1 aromatic rings. The van der Waals surface area contributed by atoms with Crippen LogP contribution in [0.15, 0.2) is 6.20 Å². The van der Waals surface area contributed by atoms with Crippen molar-refractivity contribution in [2.24, 2.45) is 12.8 Å². The van der Waals surface area contributed by atoms with Gasteiger partial charge in [0.15, 0.2) is 0 Å². The highest BCUT2D eigenvalue weighted by Crippen LogP contribution is 2.15. The maximum absolute atomic E-state index is 12.5. The second-order valence-electron chi connectivity index (χ2n) is 4.92. The van der Waals surface area contributed by atoms with E-state index >= 15 is 0 Å². The van der Waals surface area contributed by atoms with Crippen molar-refractivity contribution in [3.63, 3.8) is 0 Å². The molecule has 0 bridgehead atoms. The lowest BCUT2D eigenvalue weighted by Gasteiger charge is -2.39. The van der Waals surface area contributed by atoms with Gasteiger partial charge in [0.25, 0.3) is 5.91 Å². The van der Waals surface area contributed by atoms with Gasteiger partial charge in [-0.2, -0.15) is 5.10 Å². The molecule has 0 spiro atoms. The summed E-state index contributed by atoms with van der Waals surface area (Å²) in [7, 11) is 3.90. The zero-order valence-corrected chi connectivity index (χ0v) is 11.3. The van der Waals surface area contributed by atoms with Crippen molar-refractivity contribution in [1.82, 2.24) is 19.6 Å². The average Bonchev–Trinajstić information content (AvgIpc) is 2.69. The van der Waals surface area contributed by atoms with Crippen molar-refractivity contribution in [3.8, 4) is 0 Å². The zero-order valence-electron chi connectivity index (χ0n) is 11.3. The summed E-state index contributed by atoms with van der Waals surface area (Å²) in [6.45, 7) is 4.86. The lowest BCUT2D eigenvalue weighted by molar-refractivity contribution is 0.0515. The third kappa shape index (κ3) is 2.26. The Labute approximate surface area is 107 Å². The summed E-state index contributed by atoms with van der Waals surface area (Å²) in [5.41, 5.74) is 7.35. The number of aromatic nitrogens is 2. The number of aryl methyl sites for hydroxylation is 1. The molecule has 1 amide bonds. The van der Waals surface area contributed by atoms with Crippen molar-refractivity contribution >= 4 is 5.91 Å². The molecule has 6 nitrogen and oxygen atoms in total. The number of piperazine rings is 1. The Bertz CT molecular complexity index is 442. The topological polar surface area (TPSA) is 67.4 Å². The SMILES string of the molecule is Cc1c(C(=O)N2CCN(C)CC2CN)cnn1C. The number of nitrogens with two attached hydrogens (primary N) is 1. The minimum absolute atomic E-state index is 0.0455. The average molecular weight is 251 g/mol. The number of amides is 1. The van der Waals surface area contributed by atoms with E-state index in [0.29, 0.717) is 12.1 Å². The normalized spacial score (nSPS) is 21.3. The van der Waals surface area contributed by atoms with Crippen LogP contribution >= 0.6 is 0 Å². The molecule has 6 heteroatoms. The Morgan fingerprint density at radius 3 is 2.78 bits per heavy atom. The molecule has 18 heavy (non-hydrogen) atoms. The Morgan fingerprint density at radius 2 is 2.22 bits per heavy atom. The fourth-order valence-corrected chi connectivity index (χ4v) is 2.34. The first-order valence-corrected chi connectivity index (χ1v) is 6.22. The standard InChI is InChI=1S/C12H21N5O/c1-9-11(7-14-16(9)3)12(18)17-5-4-15(2)8-10(17)6-13/h7,10H,4-6,8,13H2,1-3H3. The number of rotatable bonds is 2. The van der Waals surface area contributed by atoms with E-state index in [1.807, 2.05) is 18.9 Å². The number of hydrogen-bond donors (Lipinski definition) is 1. The summed E-state index contributed by atoms with van der Waals surface area (Å²) in [6, 6.07) is 0.0934. The third-order valence-corrected chi connectivity index (χ3v) is 3.68. The molecule has 1 saturated heterocycles. The summed E-state index contributed by atoms with van der Waals surface area (Å²) in [4.78, 5) is 16.6. The van der Waals surface area contributed by atoms with Crippen LogP contribution in [0.1, 0.15) is 16.1 Å². The fraction of sp³-hybridized carbons (Fsp3) is 0.667. The Morgan fingerprint density at radius 1 is 1.50 bits per heavy atom. The van der Waals surface area contributed by atoms with Crippen LogP contribution in [0.3, 0.4) is 0 Å². The fourth-order valence-electron chi connectivity index (χ4n) is 2.34. The molecule has 1 aliphatic heterocycles. The molecule has 1 aliphatic rings. The number of carbonyl (C=O) groups is 1. The van der Waals surface area contributed by atoms with Gasteiger partial charge in [0.05, 0.1) is 17.8 Å². The van der Waals surface area contributed by atoms with E-state index in [2.05, 4.69) is 17.0 Å². The Hall–Kier alpha value is -1.40. The van der Waals surface area contributed by atoms with E-state index in [9.17, 15) is 4.79 Å². The summed E-state index contributed by atoms with van der Waals surface area (Å²) >= 11 is 0. The third-order valence-electron chi connectivity index (χ3n) is 3.68. The predicted octanol–water partition coefficient (Wildman–Crippen LogP) is -0.557. The minimum atomic E-state index is 0.0455. The summed E-state index contributed by atoms with van der Waals surface area (Å²) in [5, 5.41) is 4.13. The zero-order chi connectivity index (χ0) is 13.3. The largest absolute Gasteiger partial charge is 0.332 e. The predicted molar refractivity (Wildman–Crippen MR) is 69.3 cm³/mol. The lowest BCUT2D eigenvalue weighted by atomic mass is 10.1. The van der Waals surface area contributed by atoms with Crippen molar-refractivity contribution in [2.45, 2.75) is 13.0 Å². The molecule has 1 atom stereocenters. The van der Waals surface area contributed by atoms with Crippen LogP contribution in [0, 0.1) is 6.92 Å². The first-order chi connectivity index (χ1) is 8.54. The number of hydrogen-bond acceptors (Lipinski definition) is 4. The van der Waals surface area contributed by atoms with Gasteiger partial charge in [-0.25, -0.2) is 0 Å². The highest BCUT2D eigenvalue weighted by atomic mass is 16.2. The van der Waals surface area contributed by atoms with E-state index in [0.717, 1.165) is 25.3 Å². The highest BCUT2D eigenvalue weighted by Gasteiger charge is 2.30. The van der Waals surface area contributed by atoms with Gasteiger partial charge in [-0.3, -0.25) is 9.48 Å². The van der Waals surface area contributed by atoms with Gasteiger partial charge in [0, 0.05) is 38.9 Å². The molecule has 0 aromatic carbocycles.